The lowest BCUT2D eigenvalue weighted by Crippen LogP contribution is -2.08. The monoisotopic (exact) mass is 293 g/mol. The highest BCUT2D eigenvalue weighted by atomic mass is 35.5. The van der Waals surface area contributed by atoms with E-state index in [1.165, 1.54) is 6.07 Å². The van der Waals surface area contributed by atoms with E-state index in [1.54, 1.807) is 12.1 Å². The van der Waals surface area contributed by atoms with Crippen molar-refractivity contribution in [3.8, 4) is 11.4 Å². The van der Waals surface area contributed by atoms with E-state index in [4.69, 9.17) is 11.6 Å². The average molecular weight is 294 g/mol. The molecule has 1 heterocycles. The number of hydrogen-bond acceptors (Lipinski definition) is 3. The van der Waals surface area contributed by atoms with Crippen molar-refractivity contribution in [2.45, 2.75) is 27.2 Å². The second-order valence-electron chi connectivity index (χ2n) is 4.47. The van der Waals surface area contributed by atoms with Crippen molar-refractivity contribution in [3.63, 3.8) is 0 Å². The molecule has 0 unspecified atom stereocenters. The third kappa shape index (κ3) is 2.90. The number of hydrogen-bond donors (Lipinski definition) is 1. The minimum Gasteiger partial charge on any atom is -0.370 e. The van der Waals surface area contributed by atoms with Crippen LogP contribution in [0.15, 0.2) is 18.2 Å². The van der Waals surface area contributed by atoms with Crippen LogP contribution in [0.2, 0.25) is 5.02 Å². The van der Waals surface area contributed by atoms with Gasteiger partial charge in [-0.25, -0.2) is 14.4 Å². The molecule has 0 fully saturated rings. The summed E-state index contributed by atoms with van der Waals surface area (Å²) in [5, 5.41) is 3.32. The maximum atomic E-state index is 13.2. The summed E-state index contributed by atoms with van der Waals surface area (Å²) in [6.45, 7) is 6.83. The molecule has 0 bridgehead atoms. The van der Waals surface area contributed by atoms with Crippen LogP contribution >= 0.6 is 11.6 Å². The Labute approximate surface area is 123 Å². The van der Waals surface area contributed by atoms with Crippen molar-refractivity contribution in [2.75, 3.05) is 11.9 Å². The van der Waals surface area contributed by atoms with Crippen LogP contribution < -0.4 is 5.32 Å². The van der Waals surface area contributed by atoms with Crippen LogP contribution in [-0.2, 0) is 6.42 Å². The zero-order valence-electron chi connectivity index (χ0n) is 11.8. The van der Waals surface area contributed by atoms with E-state index in [0.29, 0.717) is 11.4 Å². The first-order chi connectivity index (χ1) is 9.56. The van der Waals surface area contributed by atoms with Gasteiger partial charge in [-0.3, -0.25) is 0 Å². The first-order valence-corrected chi connectivity index (χ1v) is 7.01. The Morgan fingerprint density at radius 1 is 1.25 bits per heavy atom. The Bertz CT molecular complexity index is 629. The first-order valence-electron chi connectivity index (χ1n) is 6.63. The Kier molecular flexibility index (Phi) is 4.55. The minimum absolute atomic E-state index is 0.0771. The molecular weight excluding hydrogens is 277 g/mol. The van der Waals surface area contributed by atoms with Gasteiger partial charge >= 0.3 is 0 Å². The molecule has 2 aromatic rings. The minimum atomic E-state index is -0.441. The molecule has 0 aliphatic carbocycles. The molecule has 0 atom stereocenters. The van der Waals surface area contributed by atoms with Crippen molar-refractivity contribution in [1.82, 2.24) is 9.97 Å². The van der Waals surface area contributed by atoms with E-state index in [1.807, 2.05) is 13.8 Å². The molecule has 1 aromatic heterocycles. The Morgan fingerprint density at radius 3 is 2.60 bits per heavy atom. The number of anilines is 1. The summed E-state index contributed by atoms with van der Waals surface area (Å²) in [4.78, 5) is 9.03. The molecule has 1 N–H and O–H groups in total. The fourth-order valence-electron chi connectivity index (χ4n) is 2.10. The maximum absolute atomic E-state index is 13.2. The van der Waals surface area contributed by atoms with Crippen LogP contribution in [0.3, 0.4) is 0 Å². The van der Waals surface area contributed by atoms with E-state index in [0.717, 1.165) is 30.0 Å². The molecule has 1 aromatic carbocycles. The van der Waals surface area contributed by atoms with Crippen molar-refractivity contribution < 1.29 is 4.39 Å². The molecule has 2 rings (SSSR count). The van der Waals surface area contributed by atoms with Crippen molar-refractivity contribution in [3.05, 3.63) is 40.3 Å². The normalized spacial score (nSPS) is 10.7. The van der Waals surface area contributed by atoms with Gasteiger partial charge in [-0.15, -0.1) is 0 Å². The van der Waals surface area contributed by atoms with Gasteiger partial charge in [0.05, 0.1) is 5.02 Å². The highest BCUT2D eigenvalue weighted by Crippen LogP contribution is 2.26. The molecular formula is C15H17ClFN3. The van der Waals surface area contributed by atoms with Crippen LogP contribution in [-0.4, -0.2) is 16.5 Å². The quantitative estimate of drug-likeness (QED) is 0.916. The fourth-order valence-corrected chi connectivity index (χ4v) is 2.28. The van der Waals surface area contributed by atoms with Crippen LogP contribution in [0.4, 0.5) is 10.2 Å². The highest BCUT2D eigenvalue weighted by molar-refractivity contribution is 6.31. The van der Waals surface area contributed by atoms with Crippen molar-refractivity contribution in [1.29, 1.82) is 0 Å². The van der Waals surface area contributed by atoms with E-state index in [2.05, 4.69) is 22.2 Å². The van der Waals surface area contributed by atoms with E-state index < -0.39 is 5.82 Å². The molecule has 3 nitrogen and oxygen atoms in total. The summed E-state index contributed by atoms with van der Waals surface area (Å²) in [5.74, 6) is 0.944. The zero-order chi connectivity index (χ0) is 14.7. The van der Waals surface area contributed by atoms with Crippen molar-refractivity contribution >= 4 is 17.4 Å². The fraction of sp³-hybridized carbons (Fsp3) is 0.333. The lowest BCUT2D eigenvalue weighted by molar-refractivity contribution is 0.628. The van der Waals surface area contributed by atoms with Gasteiger partial charge in [-0.1, -0.05) is 18.5 Å². The standard InChI is InChI=1S/C15H17ClFN3/c1-4-11-9(3)19-14(20-15(11)18-5-2)10-6-7-13(17)12(16)8-10/h6-8H,4-5H2,1-3H3,(H,18,19,20). The topological polar surface area (TPSA) is 37.8 Å². The van der Waals surface area contributed by atoms with Gasteiger partial charge in [0.25, 0.3) is 0 Å². The number of benzene rings is 1. The summed E-state index contributed by atoms with van der Waals surface area (Å²) in [7, 11) is 0. The summed E-state index contributed by atoms with van der Waals surface area (Å²) in [6.07, 6.45) is 0.860. The van der Waals surface area contributed by atoms with Gasteiger partial charge in [0.2, 0.25) is 0 Å². The predicted molar refractivity (Wildman–Crippen MR) is 80.7 cm³/mol. The number of rotatable bonds is 4. The summed E-state index contributed by atoms with van der Waals surface area (Å²) in [5.41, 5.74) is 2.74. The zero-order valence-corrected chi connectivity index (χ0v) is 12.6. The van der Waals surface area contributed by atoms with E-state index in [9.17, 15) is 4.39 Å². The number of nitrogens with one attached hydrogen (secondary N) is 1. The Morgan fingerprint density at radius 2 is 2.00 bits per heavy atom. The number of nitrogens with zero attached hydrogens (tertiary/aromatic N) is 2. The molecule has 0 saturated carbocycles. The summed E-state index contributed by atoms with van der Waals surface area (Å²) in [6, 6.07) is 4.52. The third-order valence-electron chi connectivity index (χ3n) is 3.09. The molecule has 0 aliphatic heterocycles. The smallest absolute Gasteiger partial charge is 0.161 e. The summed E-state index contributed by atoms with van der Waals surface area (Å²) < 4.78 is 13.2. The second kappa shape index (κ2) is 6.18. The summed E-state index contributed by atoms with van der Waals surface area (Å²) >= 11 is 5.82. The van der Waals surface area contributed by atoms with Crippen molar-refractivity contribution in [2.24, 2.45) is 0 Å². The van der Waals surface area contributed by atoms with Gasteiger partial charge in [0, 0.05) is 23.4 Å². The lowest BCUT2D eigenvalue weighted by Gasteiger charge is -2.13. The molecule has 0 amide bonds. The average Bonchev–Trinajstić information content (AvgIpc) is 2.42. The van der Waals surface area contributed by atoms with E-state index in [-0.39, 0.29) is 5.02 Å². The molecule has 0 saturated heterocycles. The molecule has 0 aliphatic rings. The molecule has 20 heavy (non-hydrogen) atoms. The molecule has 0 radical (unpaired) electrons. The van der Waals surface area contributed by atoms with Gasteiger partial charge in [-0.2, -0.15) is 0 Å². The lowest BCUT2D eigenvalue weighted by atomic mass is 10.1. The van der Waals surface area contributed by atoms with Crippen LogP contribution in [0.1, 0.15) is 25.1 Å². The van der Waals surface area contributed by atoms with Crippen LogP contribution in [0, 0.1) is 12.7 Å². The first kappa shape index (κ1) is 14.7. The third-order valence-corrected chi connectivity index (χ3v) is 3.38. The SMILES string of the molecule is CCNc1nc(-c2ccc(F)c(Cl)c2)nc(C)c1CC. The van der Waals surface area contributed by atoms with Gasteiger partial charge in [-0.05, 0) is 38.5 Å². The van der Waals surface area contributed by atoms with Crippen LogP contribution in [0.25, 0.3) is 11.4 Å². The largest absolute Gasteiger partial charge is 0.370 e. The van der Waals surface area contributed by atoms with Gasteiger partial charge < -0.3 is 5.32 Å². The number of aromatic nitrogens is 2. The number of aryl methyl sites for hydroxylation is 1. The molecule has 5 heteroatoms. The van der Waals surface area contributed by atoms with Gasteiger partial charge in [0.15, 0.2) is 5.82 Å². The van der Waals surface area contributed by atoms with E-state index >= 15 is 0 Å². The number of halogens is 2. The second-order valence-corrected chi connectivity index (χ2v) is 4.88. The highest BCUT2D eigenvalue weighted by Gasteiger charge is 2.12. The maximum Gasteiger partial charge on any atom is 0.161 e. The van der Waals surface area contributed by atoms with Crippen LogP contribution in [0.5, 0.6) is 0 Å². The predicted octanol–water partition coefficient (Wildman–Crippen LogP) is 4.24. The Hall–Kier alpha value is -1.68. The van der Waals surface area contributed by atoms with Gasteiger partial charge in [0.1, 0.15) is 11.6 Å². The molecule has 0 spiro atoms. The Balaban J connectivity index is 2.54. The molecule has 106 valence electrons.